The third-order valence-electron chi connectivity index (χ3n) is 4.57. The Morgan fingerprint density at radius 3 is 2.53 bits per heavy atom. The Labute approximate surface area is 189 Å². The number of hydrogen-bond acceptors (Lipinski definition) is 7. The summed E-state index contributed by atoms with van der Waals surface area (Å²) in [6, 6.07) is 18.6. The van der Waals surface area contributed by atoms with Crippen LogP contribution in [-0.4, -0.2) is 45.6 Å². The van der Waals surface area contributed by atoms with Gasteiger partial charge in [0.15, 0.2) is 11.0 Å². The van der Waals surface area contributed by atoms with E-state index < -0.39 is 0 Å². The highest BCUT2D eigenvalue weighted by molar-refractivity contribution is 7.99. The molecule has 9 heteroatoms. The summed E-state index contributed by atoms with van der Waals surface area (Å²) in [5, 5.41) is 12.2. The van der Waals surface area contributed by atoms with Crippen molar-refractivity contribution in [1.29, 1.82) is 0 Å². The van der Waals surface area contributed by atoms with Gasteiger partial charge in [-0.25, -0.2) is 0 Å². The van der Waals surface area contributed by atoms with E-state index in [1.165, 1.54) is 11.8 Å². The maximum absolute atomic E-state index is 12.5. The van der Waals surface area contributed by atoms with E-state index in [0.717, 1.165) is 17.0 Å². The number of nitrogens with one attached hydrogen (secondary N) is 1. The Balaban J connectivity index is 1.57. The maximum atomic E-state index is 12.5. The molecule has 0 radical (unpaired) electrons. The van der Waals surface area contributed by atoms with Crippen LogP contribution in [0.1, 0.15) is 0 Å². The van der Waals surface area contributed by atoms with Crippen LogP contribution >= 0.6 is 11.8 Å². The van der Waals surface area contributed by atoms with Gasteiger partial charge in [0.2, 0.25) is 5.91 Å². The van der Waals surface area contributed by atoms with Crippen LogP contribution in [0.5, 0.6) is 11.5 Å². The van der Waals surface area contributed by atoms with Gasteiger partial charge in [0, 0.05) is 35.4 Å². The third kappa shape index (κ3) is 4.89. The SMILES string of the molecule is COc1ccc(-n2c(SCC(=O)Nc3cccc(OC)c3)nnc2-c2cccnc2)cc1. The second kappa shape index (κ2) is 9.97. The molecule has 0 bridgehead atoms. The zero-order valence-electron chi connectivity index (χ0n) is 17.6. The summed E-state index contributed by atoms with van der Waals surface area (Å²) >= 11 is 1.30. The minimum Gasteiger partial charge on any atom is -0.497 e. The minimum absolute atomic E-state index is 0.157. The van der Waals surface area contributed by atoms with Crippen LogP contribution in [0.25, 0.3) is 17.1 Å². The van der Waals surface area contributed by atoms with E-state index in [4.69, 9.17) is 9.47 Å². The van der Waals surface area contributed by atoms with Gasteiger partial charge in [-0.1, -0.05) is 17.8 Å². The van der Waals surface area contributed by atoms with Gasteiger partial charge in [-0.2, -0.15) is 0 Å². The number of nitrogens with zero attached hydrogens (tertiary/aromatic N) is 4. The number of ether oxygens (including phenoxy) is 2. The van der Waals surface area contributed by atoms with Crippen molar-refractivity contribution in [2.45, 2.75) is 5.16 Å². The van der Waals surface area contributed by atoms with Crippen molar-refractivity contribution in [2.75, 3.05) is 25.3 Å². The largest absolute Gasteiger partial charge is 0.497 e. The van der Waals surface area contributed by atoms with Gasteiger partial charge in [-0.15, -0.1) is 10.2 Å². The molecule has 4 aromatic rings. The minimum atomic E-state index is -0.157. The number of amides is 1. The van der Waals surface area contributed by atoms with Crippen LogP contribution < -0.4 is 14.8 Å². The Morgan fingerprint density at radius 1 is 1.00 bits per heavy atom. The molecular formula is C23H21N5O3S. The Bertz CT molecular complexity index is 1200. The Hall–Kier alpha value is -3.85. The zero-order valence-corrected chi connectivity index (χ0v) is 18.4. The van der Waals surface area contributed by atoms with Gasteiger partial charge in [0.1, 0.15) is 11.5 Å². The highest BCUT2D eigenvalue weighted by Crippen LogP contribution is 2.28. The summed E-state index contributed by atoms with van der Waals surface area (Å²) in [7, 11) is 3.21. The first-order valence-electron chi connectivity index (χ1n) is 9.75. The molecule has 0 spiro atoms. The van der Waals surface area contributed by atoms with E-state index in [-0.39, 0.29) is 11.7 Å². The van der Waals surface area contributed by atoms with Crippen molar-refractivity contribution in [3.63, 3.8) is 0 Å². The molecular weight excluding hydrogens is 426 g/mol. The molecule has 0 saturated heterocycles. The van der Waals surface area contributed by atoms with Crippen LogP contribution in [0.3, 0.4) is 0 Å². The van der Waals surface area contributed by atoms with Crippen LogP contribution in [-0.2, 0) is 4.79 Å². The van der Waals surface area contributed by atoms with Gasteiger partial charge >= 0.3 is 0 Å². The van der Waals surface area contributed by atoms with Gasteiger partial charge < -0.3 is 14.8 Å². The number of anilines is 1. The highest BCUT2D eigenvalue weighted by atomic mass is 32.2. The average Bonchev–Trinajstić information content (AvgIpc) is 3.27. The first-order chi connectivity index (χ1) is 15.7. The number of hydrogen-bond donors (Lipinski definition) is 1. The second-order valence-electron chi connectivity index (χ2n) is 6.65. The third-order valence-corrected chi connectivity index (χ3v) is 5.50. The molecule has 0 atom stereocenters. The molecule has 0 saturated carbocycles. The predicted octanol–water partition coefficient (Wildman–Crippen LogP) is 4.08. The van der Waals surface area contributed by atoms with E-state index in [2.05, 4.69) is 20.5 Å². The number of benzene rings is 2. The lowest BCUT2D eigenvalue weighted by molar-refractivity contribution is -0.113. The predicted molar refractivity (Wildman–Crippen MR) is 123 cm³/mol. The normalized spacial score (nSPS) is 10.6. The van der Waals surface area contributed by atoms with E-state index in [0.29, 0.717) is 22.4 Å². The molecule has 162 valence electrons. The van der Waals surface area contributed by atoms with Crippen molar-refractivity contribution in [3.05, 3.63) is 73.1 Å². The molecule has 1 amide bonds. The van der Waals surface area contributed by atoms with E-state index in [1.54, 1.807) is 32.7 Å². The molecule has 2 aromatic carbocycles. The monoisotopic (exact) mass is 447 g/mol. The molecule has 8 nitrogen and oxygen atoms in total. The first kappa shape index (κ1) is 21.4. The summed E-state index contributed by atoms with van der Waals surface area (Å²) in [6.45, 7) is 0. The number of rotatable bonds is 8. The lowest BCUT2D eigenvalue weighted by atomic mass is 10.2. The van der Waals surface area contributed by atoms with Gasteiger partial charge in [-0.3, -0.25) is 14.3 Å². The average molecular weight is 448 g/mol. The van der Waals surface area contributed by atoms with Crippen molar-refractivity contribution >= 4 is 23.4 Å². The number of thioether (sulfide) groups is 1. The summed E-state index contributed by atoms with van der Waals surface area (Å²) < 4.78 is 12.4. The van der Waals surface area contributed by atoms with Crippen molar-refractivity contribution in [3.8, 4) is 28.6 Å². The Kier molecular flexibility index (Phi) is 6.66. The highest BCUT2D eigenvalue weighted by Gasteiger charge is 2.17. The van der Waals surface area contributed by atoms with Crippen LogP contribution in [0.2, 0.25) is 0 Å². The molecule has 4 rings (SSSR count). The first-order valence-corrected chi connectivity index (χ1v) is 10.7. The smallest absolute Gasteiger partial charge is 0.234 e. The fourth-order valence-electron chi connectivity index (χ4n) is 3.04. The van der Waals surface area contributed by atoms with Crippen molar-refractivity contribution in [2.24, 2.45) is 0 Å². The molecule has 1 N–H and O–H groups in total. The Morgan fingerprint density at radius 2 is 1.81 bits per heavy atom. The summed E-state index contributed by atoms with van der Waals surface area (Å²) in [5.41, 5.74) is 2.34. The fraction of sp³-hybridized carbons (Fsp3) is 0.130. The van der Waals surface area contributed by atoms with E-state index in [9.17, 15) is 4.79 Å². The maximum Gasteiger partial charge on any atom is 0.234 e. The number of carbonyl (C=O) groups excluding carboxylic acids is 1. The number of pyridine rings is 1. The summed E-state index contributed by atoms with van der Waals surface area (Å²) in [6.07, 6.45) is 3.43. The molecule has 0 unspecified atom stereocenters. The van der Waals surface area contributed by atoms with Crippen molar-refractivity contribution in [1.82, 2.24) is 19.7 Å². The van der Waals surface area contributed by atoms with Gasteiger partial charge in [0.25, 0.3) is 0 Å². The quantitative estimate of drug-likeness (QED) is 0.407. The summed E-state index contributed by atoms with van der Waals surface area (Å²) in [4.78, 5) is 16.7. The summed E-state index contributed by atoms with van der Waals surface area (Å²) in [5.74, 6) is 2.07. The van der Waals surface area contributed by atoms with Crippen LogP contribution in [0.4, 0.5) is 5.69 Å². The molecule has 0 aliphatic rings. The number of carbonyl (C=O) groups is 1. The van der Waals surface area contributed by atoms with Crippen LogP contribution in [0.15, 0.2) is 78.2 Å². The van der Waals surface area contributed by atoms with Gasteiger partial charge in [-0.05, 0) is 48.5 Å². The number of methoxy groups -OCH3 is 2. The zero-order chi connectivity index (χ0) is 22.3. The van der Waals surface area contributed by atoms with Crippen LogP contribution in [0, 0.1) is 0 Å². The lowest BCUT2D eigenvalue weighted by Crippen LogP contribution is -2.14. The standard InChI is InChI=1S/C23H21N5O3S/c1-30-19-10-8-18(9-11-19)28-22(16-5-4-12-24-14-16)26-27-23(28)32-15-21(29)25-17-6-3-7-20(13-17)31-2/h3-14H,15H2,1-2H3,(H,25,29). The second-order valence-corrected chi connectivity index (χ2v) is 7.59. The molecule has 32 heavy (non-hydrogen) atoms. The van der Waals surface area contributed by atoms with Crippen molar-refractivity contribution < 1.29 is 14.3 Å². The molecule has 2 aromatic heterocycles. The van der Waals surface area contributed by atoms with E-state index >= 15 is 0 Å². The molecule has 0 aliphatic heterocycles. The topological polar surface area (TPSA) is 91.2 Å². The lowest BCUT2D eigenvalue weighted by Gasteiger charge is -2.11. The fourth-order valence-corrected chi connectivity index (χ4v) is 3.79. The van der Waals surface area contributed by atoms with Gasteiger partial charge in [0.05, 0.1) is 20.0 Å². The molecule has 2 heterocycles. The van der Waals surface area contributed by atoms with E-state index in [1.807, 2.05) is 59.2 Å². The molecule has 0 fully saturated rings. The number of aromatic nitrogens is 4. The molecule has 0 aliphatic carbocycles.